The molecule has 0 radical (unpaired) electrons. The second-order valence-electron chi connectivity index (χ2n) is 8.37. The number of para-hydroxylation sites is 2. The fourth-order valence-corrected chi connectivity index (χ4v) is 4.22. The SMILES string of the molecule is Cc1cccc2c(=O)n(CC(=O)NCCCCN3CCN(c4ccccc4)CC3)cnc12. The Labute approximate surface area is 188 Å². The number of rotatable bonds is 8. The molecule has 0 bridgehead atoms. The molecule has 1 aliphatic heterocycles. The summed E-state index contributed by atoms with van der Waals surface area (Å²) in [5.74, 6) is -0.155. The van der Waals surface area contributed by atoms with Gasteiger partial charge in [-0.15, -0.1) is 0 Å². The number of amides is 1. The van der Waals surface area contributed by atoms with Crippen molar-refractivity contribution in [1.82, 2.24) is 19.8 Å². The first-order valence-corrected chi connectivity index (χ1v) is 11.4. The smallest absolute Gasteiger partial charge is 0.261 e. The standard InChI is InChI=1S/C25H31N5O2/c1-20-8-7-11-22-24(20)27-19-30(25(22)32)18-23(31)26-12-5-6-13-28-14-16-29(17-15-28)21-9-3-2-4-10-21/h2-4,7-11,19H,5-6,12-18H2,1H3,(H,26,31). The van der Waals surface area contributed by atoms with Crippen molar-refractivity contribution in [3.63, 3.8) is 0 Å². The van der Waals surface area contributed by atoms with Crippen molar-refractivity contribution in [2.45, 2.75) is 26.3 Å². The van der Waals surface area contributed by atoms with Gasteiger partial charge >= 0.3 is 0 Å². The molecule has 1 fully saturated rings. The quantitative estimate of drug-likeness (QED) is 0.553. The van der Waals surface area contributed by atoms with Crippen molar-refractivity contribution >= 4 is 22.5 Å². The maximum absolute atomic E-state index is 12.6. The Morgan fingerprint density at radius 2 is 1.78 bits per heavy atom. The molecule has 0 atom stereocenters. The number of piperazine rings is 1. The Kier molecular flexibility index (Phi) is 7.17. The molecular formula is C25H31N5O2. The van der Waals surface area contributed by atoms with Crippen LogP contribution in [-0.4, -0.2) is 59.6 Å². The third-order valence-electron chi connectivity index (χ3n) is 6.09. The lowest BCUT2D eigenvalue weighted by Crippen LogP contribution is -2.46. The molecule has 0 saturated carbocycles. The number of carbonyl (C=O) groups is 1. The van der Waals surface area contributed by atoms with E-state index in [1.165, 1.54) is 16.6 Å². The van der Waals surface area contributed by atoms with Crippen LogP contribution in [0.3, 0.4) is 0 Å². The van der Waals surface area contributed by atoms with E-state index in [0.29, 0.717) is 17.4 Å². The van der Waals surface area contributed by atoms with Gasteiger partial charge in [0.15, 0.2) is 0 Å². The number of aryl methyl sites for hydroxylation is 1. The van der Waals surface area contributed by atoms with Crippen LogP contribution in [0.1, 0.15) is 18.4 Å². The summed E-state index contributed by atoms with van der Waals surface area (Å²) in [5.41, 5.74) is 2.77. The van der Waals surface area contributed by atoms with Crippen molar-refractivity contribution in [3.05, 3.63) is 70.8 Å². The minimum Gasteiger partial charge on any atom is -0.369 e. The molecule has 7 heteroatoms. The summed E-state index contributed by atoms with van der Waals surface area (Å²) in [6.07, 6.45) is 3.43. The minimum atomic E-state index is -0.177. The molecule has 0 aliphatic carbocycles. The van der Waals surface area contributed by atoms with Gasteiger partial charge in [-0.2, -0.15) is 0 Å². The number of fused-ring (bicyclic) bond motifs is 1. The van der Waals surface area contributed by atoms with Crippen molar-refractivity contribution in [2.75, 3.05) is 44.2 Å². The Morgan fingerprint density at radius 3 is 2.56 bits per heavy atom. The molecule has 2 heterocycles. The van der Waals surface area contributed by atoms with Crippen molar-refractivity contribution in [1.29, 1.82) is 0 Å². The normalized spacial score (nSPS) is 14.6. The number of anilines is 1. The monoisotopic (exact) mass is 433 g/mol. The highest BCUT2D eigenvalue weighted by Gasteiger charge is 2.16. The molecule has 1 aliphatic rings. The molecule has 0 spiro atoms. The second kappa shape index (κ2) is 10.4. The number of benzene rings is 2. The van der Waals surface area contributed by atoms with Crippen molar-refractivity contribution < 1.29 is 4.79 Å². The first-order valence-electron chi connectivity index (χ1n) is 11.4. The molecule has 1 aromatic heterocycles. The molecule has 168 valence electrons. The van der Waals surface area contributed by atoms with Crippen molar-refractivity contribution in [3.8, 4) is 0 Å². The molecule has 4 rings (SSSR count). The van der Waals surface area contributed by atoms with Crippen molar-refractivity contribution in [2.24, 2.45) is 0 Å². The van der Waals surface area contributed by atoms with E-state index in [-0.39, 0.29) is 18.0 Å². The van der Waals surface area contributed by atoms with Gasteiger partial charge in [-0.05, 0) is 50.1 Å². The van der Waals surface area contributed by atoms with E-state index in [1.807, 2.05) is 19.1 Å². The van der Waals surface area contributed by atoms with Crippen LogP contribution < -0.4 is 15.8 Å². The zero-order valence-corrected chi connectivity index (χ0v) is 18.7. The largest absolute Gasteiger partial charge is 0.369 e. The van der Waals surface area contributed by atoms with Gasteiger partial charge in [-0.1, -0.05) is 30.3 Å². The molecule has 1 amide bonds. The number of aromatic nitrogens is 2. The highest BCUT2D eigenvalue weighted by Crippen LogP contribution is 2.15. The fourth-order valence-electron chi connectivity index (χ4n) is 4.22. The van der Waals surface area contributed by atoms with Gasteiger partial charge in [0.1, 0.15) is 6.54 Å². The molecule has 1 N–H and O–H groups in total. The first kappa shape index (κ1) is 22.0. The van der Waals surface area contributed by atoms with Gasteiger partial charge in [-0.25, -0.2) is 4.98 Å². The van der Waals surface area contributed by atoms with E-state index >= 15 is 0 Å². The predicted octanol–water partition coefficient (Wildman–Crippen LogP) is 2.42. The fraction of sp³-hybridized carbons (Fsp3) is 0.400. The average molecular weight is 434 g/mol. The summed E-state index contributed by atoms with van der Waals surface area (Å²) in [6.45, 7) is 7.83. The minimum absolute atomic E-state index is 0.00282. The maximum Gasteiger partial charge on any atom is 0.261 e. The van der Waals surface area contributed by atoms with E-state index in [4.69, 9.17) is 0 Å². The Hall–Kier alpha value is -3.19. The van der Waals surface area contributed by atoms with Gasteiger partial charge in [-0.3, -0.25) is 19.1 Å². The van der Waals surface area contributed by atoms with Crippen LogP contribution in [0.25, 0.3) is 10.9 Å². The molecule has 3 aromatic rings. The maximum atomic E-state index is 12.6. The van der Waals surface area contributed by atoms with E-state index in [1.54, 1.807) is 6.07 Å². The molecule has 1 saturated heterocycles. The van der Waals surface area contributed by atoms with Crippen LogP contribution in [-0.2, 0) is 11.3 Å². The van der Waals surface area contributed by atoms with Crippen LogP contribution in [0.5, 0.6) is 0 Å². The zero-order chi connectivity index (χ0) is 22.3. The molecule has 32 heavy (non-hydrogen) atoms. The highest BCUT2D eigenvalue weighted by molar-refractivity contribution is 5.81. The predicted molar refractivity (Wildman–Crippen MR) is 128 cm³/mol. The Balaban J connectivity index is 1.15. The van der Waals surface area contributed by atoms with Gasteiger partial charge in [0.2, 0.25) is 5.91 Å². The third kappa shape index (κ3) is 5.34. The lowest BCUT2D eigenvalue weighted by Gasteiger charge is -2.36. The van der Waals surface area contributed by atoms with E-state index in [9.17, 15) is 9.59 Å². The first-order chi connectivity index (χ1) is 15.6. The van der Waals surface area contributed by atoms with Crippen LogP contribution in [0, 0.1) is 6.92 Å². The number of unbranched alkanes of at least 4 members (excludes halogenated alkanes) is 1. The summed E-state index contributed by atoms with van der Waals surface area (Å²) in [4.78, 5) is 34.2. The number of nitrogens with one attached hydrogen (secondary N) is 1. The highest BCUT2D eigenvalue weighted by atomic mass is 16.2. The zero-order valence-electron chi connectivity index (χ0n) is 18.7. The molecular weight excluding hydrogens is 402 g/mol. The average Bonchev–Trinajstić information content (AvgIpc) is 2.82. The number of carbonyl (C=O) groups excluding carboxylic acids is 1. The summed E-state index contributed by atoms with van der Waals surface area (Å²) < 4.78 is 1.38. The lowest BCUT2D eigenvalue weighted by molar-refractivity contribution is -0.121. The van der Waals surface area contributed by atoms with E-state index in [0.717, 1.165) is 51.1 Å². The summed E-state index contributed by atoms with van der Waals surface area (Å²) in [5, 5.41) is 3.48. The van der Waals surface area contributed by atoms with E-state index in [2.05, 4.69) is 50.4 Å². The summed E-state index contributed by atoms with van der Waals surface area (Å²) in [7, 11) is 0. The topological polar surface area (TPSA) is 70.5 Å². The summed E-state index contributed by atoms with van der Waals surface area (Å²) in [6, 6.07) is 16.1. The second-order valence-corrected chi connectivity index (χ2v) is 8.37. The Morgan fingerprint density at radius 1 is 1.00 bits per heavy atom. The Bertz CT molecular complexity index is 1100. The number of hydrogen-bond acceptors (Lipinski definition) is 5. The van der Waals surface area contributed by atoms with Crippen LogP contribution >= 0.6 is 0 Å². The molecule has 0 unspecified atom stereocenters. The third-order valence-corrected chi connectivity index (χ3v) is 6.09. The molecule has 7 nitrogen and oxygen atoms in total. The van der Waals surface area contributed by atoms with Crippen LogP contribution in [0.4, 0.5) is 5.69 Å². The van der Waals surface area contributed by atoms with E-state index < -0.39 is 0 Å². The molecule has 2 aromatic carbocycles. The van der Waals surface area contributed by atoms with Crippen LogP contribution in [0.2, 0.25) is 0 Å². The van der Waals surface area contributed by atoms with Gasteiger partial charge in [0.05, 0.1) is 17.2 Å². The number of nitrogens with zero attached hydrogens (tertiary/aromatic N) is 4. The van der Waals surface area contributed by atoms with Crippen LogP contribution in [0.15, 0.2) is 59.7 Å². The van der Waals surface area contributed by atoms with Gasteiger partial charge in [0, 0.05) is 38.4 Å². The summed E-state index contributed by atoms with van der Waals surface area (Å²) >= 11 is 0. The van der Waals surface area contributed by atoms with Gasteiger partial charge < -0.3 is 10.2 Å². The van der Waals surface area contributed by atoms with Gasteiger partial charge in [0.25, 0.3) is 5.56 Å². The lowest BCUT2D eigenvalue weighted by atomic mass is 10.1. The number of hydrogen-bond donors (Lipinski definition) is 1.